The van der Waals surface area contributed by atoms with Gasteiger partial charge in [-0.05, 0) is 60.6 Å². The van der Waals surface area contributed by atoms with E-state index in [1.165, 1.54) is 42.6 Å². The summed E-state index contributed by atoms with van der Waals surface area (Å²) in [7, 11) is 0. The van der Waals surface area contributed by atoms with Gasteiger partial charge in [-0.1, -0.05) is 32.9 Å². The van der Waals surface area contributed by atoms with Gasteiger partial charge in [0.15, 0.2) is 0 Å². The summed E-state index contributed by atoms with van der Waals surface area (Å²) in [5, 5.41) is 0. The van der Waals surface area contributed by atoms with Crippen LogP contribution in [0.2, 0.25) is 0 Å². The summed E-state index contributed by atoms with van der Waals surface area (Å²) < 4.78 is 0. The second-order valence-electron chi connectivity index (χ2n) is 6.67. The van der Waals surface area contributed by atoms with Crippen LogP contribution in [0.3, 0.4) is 0 Å². The van der Waals surface area contributed by atoms with Crippen LogP contribution in [0.4, 0.5) is 0 Å². The summed E-state index contributed by atoms with van der Waals surface area (Å²) in [5.74, 6) is 0. The van der Waals surface area contributed by atoms with Gasteiger partial charge >= 0.3 is 0 Å². The van der Waals surface area contributed by atoms with Crippen LogP contribution in [-0.2, 0) is 24.7 Å². The zero-order chi connectivity index (χ0) is 12.8. The van der Waals surface area contributed by atoms with E-state index in [0.29, 0.717) is 0 Å². The fraction of sp³-hybridized carbons (Fsp3) is 0.588. The second kappa shape index (κ2) is 4.22. The van der Waals surface area contributed by atoms with Crippen molar-refractivity contribution < 1.29 is 0 Å². The van der Waals surface area contributed by atoms with Gasteiger partial charge in [-0.15, -0.1) is 0 Å². The van der Waals surface area contributed by atoms with Crippen molar-refractivity contribution in [3.63, 3.8) is 0 Å². The van der Waals surface area contributed by atoms with Gasteiger partial charge in [0.25, 0.3) is 0 Å². The molecule has 0 spiro atoms. The first kappa shape index (κ1) is 12.0. The molecule has 2 aliphatic carbocycles. The van der Waals surface area contributed by atoms with Gasteiger partial charge in [0.1, 0.15) is 0 Å². The van der Waals surface area contributed by atoms with Crippen LogP contribution >= 0.6 is 0 Å². The average Bonchev–Trinajstić information content (AvgIpc) is 2.34. The lowest BCUT2D eigenvalue weighted by Crippen LogP contribution is -2.23. The lowest BCUT2D eigenvalue weighted by molar-refractivity contribution is 0.558. The van der Waals surface area contributed by atoms with E-state index >= 15 is 0 Å². The summed E-state index contributed by atoms with van der Waals surface area (Å²) in [5.41, 5.74) is 7.57. The maximum atomic E-state index is 4.98. The smallest absolute Gasteiger partial charge is 0.0485 e. The topological polar surface area (TPSA) is 12.9 Å². The van der Waals surface area contributed by atoms with E-state index < -0.39 is 0 Å². The summed E-state index contributed by atoms with van der Waals surface area (Å²) in [6.45, 7) is 7.04. The van der Waals surface area contributed by atoms with Gasteiger partial charge in [0.05, 0.1) is 0 Å². The molecule has 3 rings (SSSR count). The van der Waals surface area contributed by atoms with Crippen molar-refractivity contribution in [2.45, 2.75) is 64.7 Å². The number of allylic oxidation sites excluding steroid dienone is 1. The van der Waals surface area contributed by atoms with Crippen molar-refractivity contribution in [1.29, 1.82) is 0 Å². The Balaban J connectivity index is 2.28. The fourth-order valence-corrected chi connectivity index (χ4v) is 3.46. The lowest BCUT2D eigenvalue weighted by atomic mass is 9.75. The number of hydrogen-bond acceptors (Lipinski definition) is 1. The highest BCUT2D eigenvalue weighted by molar-refractivity contribution is 5.63. The average molecular weight is 241 g/mol. The Morgan fingerprint density at radius 3 is 2.56 bits per heavy atom. The molecule has 0 amide bonds. The highest BCUT2D eigenvalue weighted by Crippen LogP contribution is 2.37. The van der Waals surface area contributed by atoms with Crippen molar-refractivity contribution in [2.24, 2.45) is 0 Å². The standard InChI is InChI=1S/C17H23N/c1-17(2,3)16-12-8-4-6-10-14(12)18-15-11-7-5-9-13(15)16/h4,8H,5-7,9-11H2,1-3H3. The van der Waals surface area contributed by atoms with Crippen molar-refractivity contribution in [2.75, 3.05) is 0 Å². The predicted octanol–water partition coefficient (Wildman–Crippen LogP) is 4.22. The first-order chi connectivity index (χ1) is 8.57. The summed E-state index contributed by atoms with van der Waals surface area (Å²) in [6, 6.07) is 0. The first-order valence-electron chi connectivity index (χ1n) is 7.29. The normalized spacial score (nSPS) is 18.4. The molecule has 0 saturated heterocycles. The molecular weight excluding hydrogens is 218 g/mol. The molecule has 0 unspecified atom stereocenters. The van der Waals surface area contributed by atoms with E-state index in [1.807, 2.05) is 0 Å². The minimum atomic E-state index is 0.232. The Labute approximate surface area is 110 Å². The predicted molar refractivity (Wildman–Crippen MR) is 76.9 cm³/mol. The molecule has 1 heterocycles. The number of fused-ring (bicyclic) bond motifs is 2. The largest absolute Gasteiger partial charge is 0.257 e. The Morgan fingerprint density at radius 2 is 1.78 bits per heavy atom. The molecule has 1 aromatic heterocycles. The van der Waals surface area contributed by atoms with Crippen molar-refractivity contribution in [3.05, 3.63) is 34.2 Å². The van der Waals surface area contributed by atoms with E-state index in [0.717, 1.165) is 12.8 Å². The maximum Gasteiger partial charge on any atom is 0.0485 e. The van der Waals surface area contributed by atoms with Gasteiger partial charge in [0, 0.05) is 11.4 Å². The highest BCUT2D eigenvalue weighted by atomic mass is 14.7. The van der Waals surface area contributed by atoms with E-state index in [9.17, 15) is 0 Å². The third kappa shape index (κ3) is 1.90. The second-order valence-corrected chi connectivity index (χ2v) is 6.67. The molecule has 0 atom stereocenters. The molecule has 0 aliphatic heterocycles. The van der Waals surface area contributed by atoms with Crippen molar-refractivity contribution in [3.8, 4) is 0 Å². The Bertz CT molecular complexity index is 503. The lowest BCUT2D eigenvalue weighted by Gasteiger charge is -2.31. The third-order valence-electron chi connectivity index (χ3n) is 4.17. The molecule has 1 heteroatoms. The monoisotopic (exact) mass is 241 g/mol. The van der Waals surface area contributed by atoms with Crippen LogP contribution in [0.1, 0.15) is 68.1 Å². The number of nitrogens with zero attached hydrogens (tertiary/aromatic N) is 1. The minimum Gasteiger partial charge on any atom is -0.257 e. The zero-order valence-electron chi connectivity index (χ0n) is 11.8. The van der Waals surface area contributed by atoms with Crippen molar-refractivity contribution in [1.82, 2.24) is 4.98 Å². The molecule has 0 N–H and O–H groups in total. The molecule has 18 heavy (non-hydrogen) atoms. The molecular formula is C17H23N. The Hall–Kier alpha value is -1.11. The third-order valence-corrected chi connectivity index (χ3v) is 4.17. The number of aryl methyl sites for hydroxylation is 2. The van der Waals surface area contributed by atoms with Crippen LogP contribution in [0, 0.1) is 0 Å². The van der Waals surface area contributed by atoms with Crippen LogP contribution in [0.5, 0.6) is 0 Å². The molecule has 1 aromatic rings. The van der Waals surface area contributed by atoms with Gasteiger partial charge in [-0.25, -0.2) is 0 Å². The molecule has 0 radical (unpaired) electrons. The van der Waals surface area contributed by atoms with Gasteiger partial charge in [-0.3, -0.25) is 4.98 Å². The zero-order valence-corrected chi connectivity index (χ0v) is 11.8. The van der Waals surface area contributed by atoms with Gasteiger partial charge in [0.2, 0.25) is 0 Å². The Kier molecular flexibility index (Phi) is 2.80. The van der Waals surface area contributed by atoms with E-state index in [4.69, 9.17) is 4.98 Å². The number of rotatable bonds is 0. The van der Waals surface area contributed by atoms with Crippen LogP contribution in [0.15, 0.2) is 6.08 Å². The number of pyridine rings is 1. The fourth-order valence-electron chi connectivity index (χ4n) is 3.46. The number of aromatic nitrogens is 1. The molecule has 96 valence electrons. The molecule has 0 fully saturated rings. The van der Waals surface area contributed by atoms with Gasteiger partial charge < -0.3 is 0 Å². The minimum absolute atomic E-state index is 0.232. The number of hydrogen-bond donors (Lipinski definition) is 0. The summed E-state index contributed by atoms with van der Waals surface area (Å²) in [4.78, 5) is 4.98. The van der Waals surface area contributed by atoms with Crippen LogP contribution < -0.4 is 0 Å². The van der Waals surface area contributed by atoms with E-state index in [-0.39, 0.29) is 5.41 Å². The van der Waals surface area contributed by atoms with E-state index in [1.54, 1.807) is 11.1 Å². The summed E-state index contributed by atoms with van der Waals surface area (Å²) in [6.07, 6.45) is 12.0. The van der Waals surface area contributed by atoms with Crippen LogP contribution in [0.25, 0.3) is 6.08 Å². The maximum absolute atomic E-state index is 4.98. The molecule has 0 saturated carbocycles. The quantitative estimate of drug-likeness (QED) is 0.663. The van der Waals surface area contributed by atoms with E-state index in [2.05, 4.69) is 32.9 Å². The molecule has 1 nitrogen and oxygen atoms in total. The van der Waals surface area contributed by atoms with Gasteiger partial charge in [-0.2, -0.15) is 0 Å². The SMILES string of the molecule is CC(C)(C)c1c2c(nc3c1CCCC3)CCC=C2. The van der Waals surface area contributed by atoms with Crippen LogP contribution in [-0.4, -0.2) is 4.98 Å². The molecule has 0 bridgehead atoms. The molecule has 2 aliphatic rings. The summed E-state index contributed by atoms with van der Waals surface area (Å²) >= 11 is 0. The highest BCUT2D eigenvalue weighted by Gasteiger charge is 2.28. The molecule has 0 aromatic carbocycles. The Morgan fingerprint density at radius 1 is 1.00 bits per heavy atom. The van der Waals surface area contributed by atoms with Crippen molar-refractivity contribution >= 4 is 6.08 Å². The first-order valence-corrected chi connectivity index (χ1v) is 7.29.